The molecule has 0 aromatic rings. The van der Waals surface area contributed by atoms with E-state index in [1.165, 1.54) is 0 Å². The van der Waals surface area contributed by atoms with E-state index >= 15 is 0 Å². The van der Waals surface area contributed by atoms with E-state index in [2.05, 4.69) is 14.1 Å². The van der Waals surface area contributed by atoms with Crippen molar-refractivity contribution >= 4 is 5.78 Å². The zero-order chi connectivity index (χ0) is 8.65. The van der Waals surface area contributed by atoms with Gasteiger partial charge in [0.2, 0.25) is 0 Å². The van der Waals surface area contributed by atoms with E-state index in [0.29, 0.717) is 5.78 Å². The standard InChI is InChI=1S/C9H18NO/c1-7-5-10(3,4)6-8(2)9(7)11/h7-8H,5-6H2,1-4H3/q+1. The summed E-state index contributed by atoms with van der Waals surface area (Å²) in [5.74, 6) is 0.963. The molecule has 0 radical (unpaired) electrons. The summed E-state index contributed by atoms with van der Waals surface area (Å²) in [5, 5.41) is 0. The zero-order valence-corrected chi connectivity index (χ0v) is 7.92. The number of hydrogen-bond donors (Lipinski definition) is 0. The molecule has 0 saturated carbocycles. The highest BCUT2D eigenvalue weighted by Gasteiger charge is 2.35. The Morgan fingerprint density at radius 2 is 1.55 bits per heavy atom. The maximum absolute atomic E-state index is 11.4. The Morgan fingerprint density at radius 3 is 1.91 bits per heavy atom. The quantitative estimate of drug-likeness (QED) is 0.477. The Bertz CT molecular complexity index is 158. The summed E-state index contributed by atoms with van der Waals surface area (Å²) in [4.78, 5) is 11.4. The van der Waals surface area contributed by atoms with Crippen molar-refractivity contribution in [3.8, 4) is 0 Å². The second kappa shape index (κ2) is 2.59. The fourth-order valence-electron chi connectivity index (χ4n) is 2.22. The number of piperidine rings is 1. The van der Waals surface area contributed by atoms with Crippen LogP contribution < -0.4 is 0 Å². The number of carbonyl (C=O) groups excluding carboxylic acids is 1. The predicted octanol–water partition coefficient (Wildman–Crippen LogP) is 0.918. The van der Waals surface area contributed by atoms with Crippen molar-refractivity contribution in [2.75, 3.05) is 27.2 Å². The first-order valence-corrected chi connectivity index (χ1v) is 4.28. The van der Waals surface area contributed by atoms with Crippen LogP contribution in [0, 0.1) is 11.8 Å². The van der Waals surface area contributed by atoms with Crippen molar-refractivity contribution in [3.05, 3.63) is 0 Å². The molecule has 1 heterocycles. The molecule has 0 amide bonds. The topological polar surface area (TPSA) is 17.1 Å². The molecule has 0 aromatic heterocycles. The maximum Gasteiger partial charge on any atom is 0.149 e. The Labute approximate surface area is 68.8 Å². The van der Waals surface area contributed by atoms with Gasteiger partial charge in [0, 0.05) is 0 Å². The van der Waals surface area contributed by atoms with Crippen LogP contribution in [0.2, 0.25) is 0 Å². The van der Waals surface area contributed by atoms with Gasteiger partial charge in [-0.25, -0.2) is 0 Å². The molecular formula is C9H18NO+. The van der Waals surface area contributed by atoms with Gasteiger partial charge in [0.05, 0.1) is 39.0 Å². The van der Waals surface area contributed by atoms with Crippen LogP contribution in [0.15, 0.2) is 0 Å². The fourth-order valence-corrected chi connectivity index (χ4v) is 2.22. The van der Waals surface area contributed by atoms with E-state index in [0.717, 1.165) is 17.6 Å². The molecule has 0 spiro atoms. The molecular weight excluding hydrogens is 138 g/mol. The van der Waals surface area contributed by atoms with Crippen LogP contribution >= 0.6 is 0 Å². The van der Waals surface area contributed by atoms with Gasteiger partial charge in [-0.15, -0.1) is 0 Å². The van der Waals surface area contributed by atoms with E-state index in [4.69, 9.17) is 0 Å². The lowest BCUT2D eigenvalue weighted by atomic mass is 9.89. The van der Waals surface area contributed by atoms with Crippen LogP contribution in [0.4, 0.5) is 0 Å². The summed E-state index contributed by atoms with van der Waals surface area (Å²) in [6.07, 6.45) is 0. The fraction of sp³-hybridized carbons (Fsp3) is 0.889. The molecule has 2 nitrogen and oxygen atoms in total. The minimum Gasteiger partial charge on any atom is -0.327 e. The second-order valence-corrected chi connectivity index (χ2v) is 4.51. The number of likely N-dealkylation sites (tertiary alicyclic amines) is 1. The lowest BCUT2D eigenvalue weighted by Gasteiger charge is -2.39. The van der Waals surface area contributed by atoms with Crippen LogP contribution in [0.3, 0.4) is 0 Å². The van der Waals surface area contributed by atoms with Crippen LogP contribution in [-0.2, 0) is 4.79 Å². The van der Waals surface area contributed by atoms with E-state index < -0.39 is 0 Å². The summed E-state index contributed by atoms with van der Waals surface area (Å²) >= 11 is 0. The molecule has 2 heteroatoms. The number of carbonyl (C=O) groups is 1. The van der Waals surface area contributed by atoms with Gasteiger partial charge in [-0.2, -0.15) is 0 Å². The van der Waals surface area contributed by atoms with E-state index in [1.807, 2.05) is 13.8 Å². The van der Waals surface area contributed by atoms with Crippen molar-refractivity contribution in [1.29, 1.82) is 0 Å². The molecule has 11 heavy (non-hydrogen) atoms. The predicted molar refractivity (Wildman–Crippen MR) is 45.2 cm³/mol. The van der Waals surface area contributed by atoms with Crippen molar-refractivity contribution < 1.29 is 9.28 Å². The van der Waals surface area contributed by atoms with Gasteiger partial charge in [0.15, 0.2) is 0 Å². The highest BCUT2D eigenvalue weighted by atomic mass is 16.1. The third-order valence-corrected chi connectivity index (χ3v) is 2.51. The molecule has 0 aliphatic carbocycles. The first-order chi connectivity index (χ1) is 4.92. The molecule has 0 bridgehead atoms. The van der Waals surface area contributed by atoms with Gasteiger partial charge in [-0.3, -0.25) is 4.79 Å². The van der Waals surface area contributed by atoms with Gasteiger partial charge in [-0.05, 0) is 0 Å². The second-order valence-electron chi connectivity index (χ2n) is 4.51. The van der Waals surface area contributed by atoms with Gasteiger partial charge in [0.25, 0.3) is 0 Å². The normalized spacial score (nSPS) is 37.3. The van der Waals surface area contributed by atoms with Gasteiger partial charge in [0.1, 0.15) is 5.78 Å². The monoisotopic (exact) mass is 156 g/mol. The van der Waals surface area contributed by atoms with Crippen molar-refractivity contribution in [2.45, 2.75) is 13.8 Å². The number of ketones is 1. The summed E-state index contributed by atoms with van der Waals surface area (Å²) < 4.78 is 0.994. The average molecular weight is 156 g/mol. The average Bonchev–Trinajstić information content (AvgIpc) is 1.81. The van der Waals surface area contributed by atoms with Crippen LogP contribution in [-0.4, -0.2) is 37.5 Å². The zero-order valence-electron chi connectivity index (χ0n) is 7.92. The molecule has 1 rings (SSSR count). The molecule has 1 aliphatic heterocycles. The molecule has 1 saturated heterocycles. The molecule has 1 fully saturated rings. The maximum atomic E-state index is 11.4. The molecule has 1 aliphatic rings. The van der Waals surface area contributed by atoms with E-state index in [-0.39, 0.29) is 11.8 Å². The number of rotatable bonds is 0. The third kappa shape index (κ3) is 1.80. The van der Waals surface area contributed by atoms with E-state index in [9.17, 15) is 4.79 Å². The minimum absolute atomic E-state index is 0.258. The number of hydrogen-bond acceptors (Lipinski definition) is 1. The highest BCUT2D eigenvalue weighted by Crippen LogP contribution is 2.20. The van der Waals surface area contributed by atoms with Gasteiger partial charge < -0.3 is 4.48 Å². The first kappa shape index (κ1) is 8.72. The SMILES string of the molecule is CC1C[N+](C)(C)CC(C)C1=O. The van der Waals surface area contributed by atoms with E-state index in [1.54, 1.807) is 0 Å². The van der Waals surface area contributed by atoms with Gasteiger partial charge >= 0.3 is 0 Å². The molecule has 2 atom stereocenters. The number of nitrogens with zero attached hydrogens (tertiary/aromatic N) is 1. The first-order valence-electron chi connectivity index (χ1n) is 4.28. The Kier molecular flexibility index (Phi) is 2.06. The van der Waals surface area contributed by atoms with Crippen LogP contribution in [0.1, 0.15) is 13.8 Å². The third-order valence-electron chi connectivity index (χ3n) is 2.51. The lowest BCUT2D eigenvalue weighted by Crippen LogP contribution is -2.54. The Morgan fingerprint density at radius 1 is 1.18 bits per heavy atom. The smallest absolute Gasteiger partial charge is 0.149 e. The summed E-state index contributed by atoms with van der Waals surface area (Å²) in [6, 6.07) is 0. The Balaban J connectivity index is 2.70. The Hall–Kier alpha value is -0.370. The largest absolute Gasteiger partial charge is 0.327 e. The molecule has 2 unspecified atom stereocenters. The molecule has 0 N–H and O–H groups in total. The van der Waals surface area contributed by atoms with Gasteiger partial charge in [-0.1, -0.05) is 13.8 Å². The van der Waals surface area contributed by atoms with Crippen molar-refractivity contribution in [3.63, 3.8) is 0 Å². The minimum atomic E-state index is 0.258. The summed E-state index contributed by atoms with van der Waals surface area (Å²) in [5.41, 5.74) is 0. The summed E-state index contributed by atoms with van der Waals surface area (Å²) in [7, 11) is 4.39. The van der Waals surface area contributed by atoms with Crippen molar-refractivity contribution in [1.82, 2.24) is 0 Å². The van der Waals surface area contributed by atoms with Crippen molar-refractivity contribution in [2.24, 2.45) is 11.8 Å². The molecule has 0 aromatic carbocycles. The summed E-state index contributed by atoms with van der Waals surface area (Å²) in [6.45, 7) is 6.09. The lowest BCUT2D eigenvalue weighted by molar-refractivity contribution is -0.897. The van der Waals surface area contributed by atoms with Crippen LogP contribution in [0.25, 0.3) is 0 Å². The number of Topliss-reactive ketones (excluding diaryl/α,β-unsaturated/α-hetero) is 1. The highest BCUT2D eigenvalue weighted by molar-refractivity contribution is 5.83. The van der Waals surface area contributed by atoms with Crippen LogP contribution in [0.5, 0.6) is 0 Å². The molecule has 64 valence electrons. The number of quaternary nitrogens is 1.